The van der Waals surface area contributed by atoms with Gasteiger partial charge in [0.25, 0.3) is 5.91 Å². The van der Waals surface area contributed by atoms with Crippen LogP contribution in [-0.2, 0) is 6.61 Å². The van der Waals surface area contributed by atoms with Gasteiger partial charge in [-0.3, -0.25) is 4.79 Å². The van der Waals surface area contributed by atoms with Gasteiger partial charge in [-0.25, -0.2) is 9.37 Å². The van der Waals surface area contributed by atoms with Gasteiger partial charge in [0.2, 0.25) is 0 Å². The van der Waals surface area contributed by atoms with Crippen molar-refractivity contribution in [3.05, 3.63) is 76.5 Å². The Labute approximate surface area is 167 Å². The minimum absolute atomic E-state index is 0.0349. The van der Waals surface area contributed by atoms with E-state index in [1.807, 2.05) is 28.5 Å². The molecule has 0 unspecified atom stereocenters. The third kappa shape index (κ3) is 4.14. The van der Waals surface area contributed by atoms with Crippen LogP contribution >= 0.6 is 11.3 Å². The number of anilines is 1. The average molecular weight is 397 g/mol. The van der Waals surface area contributed by atoms with Gasteiger partial charge in [0, 0.05) is 37.1 Å². The number of amides is 1. The van der Waals surface area contributed by atoms with Crippen molar-refractivity contribution in [2.75, 3.05) is 31.1 Å². The predicted octanol–water partition coefficient (Wildman–Crippen LogP) is 3.82. The fraction of sp³-hybridized carbons (Fsp3) is 0.238. The number of rotatable bonds is 5. The van der Waals surface area contributed by atoms with Crippen LogP contribution in [0.2, 0.25) is 0 Å². The molecular formula is C21H20FN3O2S. The summed E-state index contributed by atoms with van der Waals surface area (Å²) in [6.07, 6.45) is 0. The van der Waals surface area contributed by atoms with Crippen LogP contribution in [0.5, 0.6) is 5.75 Å². The molecule has 5 nitrogen and oxygen atoms in total. The van der Waals surface area contributed by atoms with Crippen LogP contribution in [0.3, 0.4) is 0 Å². The minimum atomic E-state index is -0.229. The molecule has 0 aliphatic carbocycles. The molecule has 1 aromatic heterocycles. The van der Waals surface area contributed by atoms with E-state index < -0.39 is 0 Å². The fourth-order valence-corrected chi connectivity index (χ4v) is 3.77. The third-order valence-electron chi connectivity index (χ3n) is 4.71. The Morgan fingerprint density at radius 1 is 1.11 bits per heavy atom. The number of para-hydroxylation sites is 1. The van der Waals surface area contributed by atoms with Crippen LogP contribution in [0.25, 0.3) is 0 Å². The van der Waals surface area contributed by atoms with Gasteiger partial charge in [-0.05, 0) is 30.3 Å². The molecule has 7 heteroatoms. The summed E-state index contributed by atoms with van der Waals surface area (Å²) in [6.45, 7) is 2.69. The van der Waals surface area contributed by atoms with E-state index in [1.165, 1.54) is 17.4 Å². The zero-order valence-electron chi connectivity index (χ0n) is 15.3. The number of ether oxygens (including phenoxy) is 1. The summed E-state index contributed by atoms with van der Waals surface area (Å²) in [6, 6.07) is 14.0. The van der Waals surface area contributed by atoms with E-state index >= 15 is 0 Å². The molecule has 0 bridgehead atoms. The topological polar surface area (TPSA) is 45.7 Å². The summed E-state index contributed by atoms with van der Waals surface area (Å²) >= 11 is 1.52. The maximum absolute atomic E-state index is 14.0. The lowest BCUT2D eigenvalue weighted by Gasteiger charge is -2.36. The van der Waals surface area contributed by atoms with Crippen LogP contribution in [0, 0.1) is 5.82 Å². The molecular weight excluding hydrogens is 377 g/mol. The predicted molar refractivity (Wildman–Crippen MR) is 107 cm³/mol. The maximum atomic E-state index is 14.0. The number of nitrogens with zero attached hydrogens (tertiary/aromatic N) is 3. The van der Waals surface area contributed by atoms with Crippen LogP contribution < -0.4 is 9.64 Å². The smallest absolute Gasteiger partial charge is 0.254 e. The van der Waals surface area contributed by atoms with Crippen molar-refractivity contribution >= 4 is 22.9 Å². The Hall–Kier alpha value is -2.93. The normalized spacial score (nSPS) is 14.2. The van der Waals surface area contributed by atoms with E-state index in [9.17, 15) is 9.18 Å². The quantitative estimate of drug-likeness (QED) is 0.657. The third-order valence-corrected chi connectivity index (χ3v) is 5.35. The minimum Gasteiger partial charge on any atom is -0.487 e. The van der Waals surface area contributed by atoms with Crippen molar-refractivity contribution in [3.8, 4) is 5.75 Å². The molecule has 0 atom stereocenters. The van der Waals surface area contributed by atoms with Gasteiger partial charge >= 0.3 is 0 Å². The van der Waals surface area contributed by atoms with Crippen molar-refractivity contribution < 1.29 is 13.9 Å². The Kier molecular flexibility index (Phi) is 5.53. The van der Waals surface area contributed by atoms with Crippen LogP contribution in [-0.4, -0.2) is 42.0 Å². The highest BCUT2D eigenvalue weighted by molar-refractivity contribution is 7.07. The van der Waals surface area contributed by atoms with E-state index in [4.69, 9.17) is 4.74 Å². The second-order valence-corrected chi connectivity index (χ2v) is 7.25. The van der Waals surface area contributed by atoms with Gasteiger partial charge in [0.05, 0.1) is 16.9 Å². The molecule has 4 rings (SSSR count). The summed E-state index contributed by atoms with van der Waals surface area (Å²) in [7, 11) is 0. The lowest BCUT2D eigenvalue weighted by molar-refractivity contribution is 0.0746. The standard InChI is InChI=1S/C21H20FN3O2S/c22-19-6-1-2-7-20(19)24-8-10-25(11-9-24)21(26)16-4-3-5-18(12-16)27-13-17-14-28-15-23-17/h1-7,12,14-15H,8-11,13H2. The Morgan fingerprint density at radius 3 is 2.68 bits per heavy atom. The monoisotopic (exact) mass is 397 g/mol. The lowest BCUT2D eigenvalue weighted by Crippen LogP contribution is -2.49. The highest BCUT2D eigenvalue weighted by Gasteiger charge is 2.23. The molecule has 3 aromatic rings. The number of hydrogen-bond donors (Lipinski definition) is 0. The Balaban J connectivity index is 1.37. The largest absolute Gasteiger partial charge is 0.487 e. The second kappa shape index (κ2) is 8.39. The van der Waals surface area contributed by atoms with Crippen LogP contribution in [0.1, 0.15) is 16.1 Å². The second-order valence-electron chi connectivity index (χ2n) is 6.53. The molecule has 28 heavy (non-hydrogen) atoms. The zero-order chi connectivity index (χ0) is 19.3. The number of carbonyl (C=O) groups excluding carboxylic acids is 1. The van der Waals surface area contributed by atoms with Gasteiger partial charge < -0.3 is 14.5 Å². The van der Waals surface area contributed by atoms with E-state index in [1.54, 1.807) is 34.7 Å². The summed E-state index contributed by atoms with van der Waals surface area (Å²) in [5.74, 6) is 0.378. The average Bonchev–Trinajstić information content (AvgIpc) is 3.26. The van der Waals surface area contributed by atoms with E-state index in [0.717, 1.165) is 5.69 Å². The van der Waals surface area contributed by atoms with Crippen molar-refractivity contribution in [1.82, 2.24) is 9.88 Å². The number of benzene rings is 2. The highest BCUT2D eigenvalue weighted by atomic mass is 32.1. The molecule has 0 saturated carbocycles. The van der Waals surface area contributed by atoms with Crippen molar-refractivity contribution in [1.29, 1.82) is 0 Å². The molecule has 1 aliphatic heterocycles. The van der Waals surface area contributed by atoms with Crippen molar-refractivity contribution in [3.63, 3.8) is 0 Å². The van der Waals surface area contributed by atoms with Crippen molar-refractivity contribution in [2.45, 2.75) is 6.61 Å². The number of carbonyl (C=O) groups is 1. The number of thiazole rings is 1. The fourth-order valence-electron chi connectivity index (χ4n) is 3.23. The SMILES string of the molecule is O=C(c1cccc(OCc2cscn2)c1)N1CCN(c2ccccc2F)CC1. The highest BCUT2D eigenvalue weighted by Crippen LogP contribution is 2.22. The molecule has 1 aliphatic rings. The number of aromatic nitrogens is 1. The lowest BCUT2D eigenvalue weighted by atomic mass is 10.1. The molecule has 0 radical (unpaired) electrons. The van der Waals surface area contributed by atoms with Crippen LogP contribution in [0.15, 0.2) is 59.4 Å². The summed E-state index contributed by atoms with van der Waals surface area (Å²) in [5, 5.41) is 1.93. The molecule has 0 spiro atoms. The number of piperazine rings is 1. The van der Waals surface area contributed by atoms with E-state index in [2.05, 4.69) is 4.98 Å². The van der Waals surface area contributed by atoms with E-state index in [0.29, 0.717) is 49.8 Å². The van der Waals surface area contributed by atoms with Gasteiger partial charge in [-0.1, -0.05) is 18.2 Å². The molecule has 1 fully saturated rings. The molecule has 2 aromatic carbocycles. The first-order valence-electron chi connectivity index (χ1n) is 9.09. The summed E-state index contributed by atoms with van der Waals surface area (Å²) < 4.78 is 19.7. The number of halogens is 1. The first-order valence-corrected chi connectivity index (χ1v) is 10.0. The van der Waals surface area contributed by atoms with E-state index in [-0.39, 0.29) is 11.7 Å². The summed E-state index contributed by atoms with van der Waals surface area (Å²) in [5.41, 5.74) is 3.81. The number of hydrogen-bond acceptors (Lipinski definition) is 5. The van der Waals surface area contributed by atoms with Gasteiger partial charge in [0.15, 0.2) is 0 Å². The molecule has 144 valence electrons. The molecule has 1 saturated heterocycles. The maximum Gasteiger partial charge on any atom is 0.254 e. The molecule has 2 heterocycles. The molecule has 1 amide bonds. The Bertz CT molecular complexity index is 940. The van der Waals surface area contributed by atoms with Crippen molar-refractivity contribution in [2.24, 2.45) is 0 Å². The Morgan fingerprint density at radius 2 is 1.93 bits per heavy atom. The summed E-state index contributed by atoms with van der Waals surface area (Å²) in [4.78, 5) is 20.8. The first-order chi connectivity index (χ1) is 13.7. The first kappa shape index (κ1) is 18.4. The molecule has 0 N–H and O–H groups in total. The van der Waals surface area contributed by atoms with Gasteiger partial charge in [-0.2, -0.15) is 0 Å². The van der Waals surface area contributed by atoms with Gasteiger partial charge in [-0.15, -0.1) is 11.3 Å². The van der Waals surface area contributed by atoms with Gasteiger partial charge in [0.1, 0.15) is 18.2 Å². The zero-order valence-corrected chi connectivity index (χ0v) is 16.1. The van der Waals surface area contributed by atoms with Crippen LogP contribution in [0.4, 0.5) is 10.1 Å².